The topological polar surface area (TPSA) is 117 Å². The number of hydrogen-bond acceptors (Lipinski definition) is 4. The van der Waals surface area contributed by atoms with Gasteiger partial charge in [0.15, 0.2) is 6.04 Å². The Morgan fingerprint density at radius 3 is 1.62 bits per heavy atom. The van der Waals surface area contributed by atoms with Gasteiger partial charge in [0, 0.05) is 0 Å². The van der Waals surface area contributed by atoms with Gasteiger partial charge in [-0.15, -0.1) is 0 Å². The quantitative estimate of drug-likeness (QED) is 0.445. The molecule has 7 heteroatoms. The van der Waals surface area contributed by atoms with Crippen LogP contribution in [-0.4, -0.2) is 35.2 Å². The van der Waals surface area contributed by atoms with E-state index in [1.165, 1.54) is 6.92 Å². The molecule has 98 valence electrons. The molecule has 0 radical (unpaired) electrons. The Labute approximate surface area is 102 Å². The van der Waals surface area contributed by atoms with Crippen LogP contribution in [0.25, 0.3) is 0 Å². The van der Waals surface area contributed by atoms with Gasteiger partial charge in [0.1, 0.15) is 6.04 Å². The highest BCUT2D eigenvalue weighted by atomic mass is 35.5. The number of carbonyl (C=O) groups is 2. The zero-order valence-corrected chi connectivity index (χ0v) is 10.8. The van der Waals surface area contributed by atoms with E-state index in [-0.39, 0.29) is 30.5 Å². The minimum atomic E-state index is -0.963. The Hall–Kier alpha value is -0.850. The van der Waals surface area contributed by atoms with E-state index in [1.54, 1.807) is 6.92 Å². The van der Waals surface area contributed by atoms with Crippen LogP contribution in [0.15, 0.2) is 0 Å². The number of halogens is 1. The molecule has 6 nitrogen and oxygen atoms in total. The third kappa shape index (κ3) is 15.6. The lowest BCUT2D eigenvalue weighted by atomic mass is 10.4. The van der Waals surface area contributed by atoms with E-state index in [1.807, 2.05) is 13.8 Å². The molecule has 2 atom stereocenters. The number of carboxylic acids is 1. The van der Waals surface area contributed by atoms with E-state index < -0.39 is 12.0 Å². The Bertz CT molecular complexity index is 208. The molecule has 0 bridgehead atoms. The molecule has 0 heterocycles. The van der Waals surface area contributed by atoms with Crippen LogP contribution >= 0.6 is 0 Å². The van der Waals surface area contributed by atoms with E-state index in [0.29, 0.717) is 0 Å². The van der Waals surface area contributed by atoms with Crippen LogP contribution in [-0.2, 0) is 14.3 Å². The molecule has 0 aliphatic carbocycles. The van der Waals surface area contributed by atoms with Gasteiger partial charge in [0.25, 0.3) is 0 Å². The maximum Gasteiger partial charge on any atom is 0.364 e. The second-order valence-corrected chi connectivity index (χ2v) is 3.51. The van der Waals surface area contributed by atoms with Crippen LogP contribution in [0.5, 0.6) is 0 Å². The summed E-state index contributed by atoms with van der Waals surface area (Å²) in [6.45, 7) is 6.77. The molecule has 0 aliphatic heterocycles. The monoisotopic (exact) mass is 256 g/mol. The standard InChI is InChI=1S/C6H13NO2.C3H7NO2.ClH/c1-4(2)9-6(8)5(3)7;1-2(4)3(5)6;/h4-5H,7H2,1-3H3;2H,4H2,1H3,(H,5,6);1H/t5-;2-;/m11./s1. The molecular formula is C9H21ClN2O4. The van der Waals surface area contributed by atoms with E-state index in [2.05, 4.69) is 5.73 Å². The first-order valence-corrected chi connectivity index (χ1v) is 4.70. The van der Waals surface area contributed by atoms with E-state index in [4.69, 9.17) is 15.6 Å². The zero-order chi connectivity index (χ0) is 12.6. The van der Waals surface area contributed by atoms with Crippen molar-refractivity contribution in [1.29, 1.82) is 0 Å². The highest BCUT2D eigenvalue weighted by molar-refractivity contribution is 5.73. The third-order valence-electron chi connectivity index (χ3n) is 1.14. The maximum atomic E-state index is 10.7. The molecule has 0 aromatic rings. The molecule has 0 unspecified atom stereocenters. The summed E-state index contributed by atoms with van der Waals surface area (Å²) >= 11 is 0. The lowest BCUT2D eigenvalue weighted by Crippen LogP contribution is -3.00. The Morgan fingerprint density at radius 2 is 1.56 bits per heavy atom. The van der Waals surface area contributed by atoms with Crippen LogP contribution in [0.2, 0.25) is 0 Å². The van der Waals surface area contributed by atoms with Crippen molar-refractivity contribution in [3.05, 3.63) is 0 Å². The van der Waals surface area contributed by atoms with Gasteiger partial charge in [0.05, 0.1) is 6.10 Å². The van der Waals surface area contributed by atoms with Crippen molar-refractivity contribution < 1.29 is 37.6 Å². The lowest BCUT2D eigenvalue weighted by molar-refractivity contribution is -0.403. The minimum absolute atomic E-state index is 0. The summed E-state index contributed by atoms with van der Waals surface area (Å²) in [5.41, 5.74) is 8.35. The van der Waals surface area contributed by atoms with Gasteiger partial charge < -0.3 is 33.7 Å². The summed E-state index contributed by atoms with van der Waals surface area (Å²) in [6, 6.07) is -0.989. The largest absolute Gasteiger partial charge is 1.00 e. The Morgan fingerprint density at radius 1 is 1.25 bits per heavy atom. The summed E-state index contributed by atoms with van der Waals surface area (Å²) in [4.78, 5) is 20.2. The summed E-state index contributed by atoms with van der Waals surface area (Å²) in [6.07, 6.45) is -0.0262. The van der Waals surface area contributed by atoms with Gasteiger partial charge in [-0.3, -0.25) is 4.79 Å². The molecule has 0 amide bonds. The van der Waals surface area contributed by atoms with Crippen molar-refractivity contribution in [3.63, 3.8) is 0 Å². The number of esters is 1. The SMILES string of the molecule is CC(C)OC(=O)[C@@H](C)[NH3+].C[C@@H](N)C(=O)O.[Cl-]. The van der Waals surface area contributed by atoms with Crippen LogP contribution in [0, 0.1) is 0 Å². The van der Waals surface area contributed by atoms with Crippen LogP contribution < -0.4 is 23.9 Å². The smallest absolute Gasteiger partial charge is 0.364 e. The number of ether oxygens (including phenoxy) is 1. The fraction of sp³-hybridized carbons (Fsp3) is 0.778. The third-order valence-corrected chi connectivity index (χ3v) is 1.14. The Kier molecular flexibility index (Phi) is 13.7. The van der Waals surface area contributed by atoms with Gasteiger partial charge in [-0.2, -0.15) is 0 Å². The second kappa shape index (κ2) is 10.7. The molecular weight excluding hydrogens is 236 g/mol. The summed E-state index contributed by atoms with van der Waals surface area (Å²) in [7, 11) is 0. The van der Waals surface area contributed by atoms with Crippen LogP contribution in [0.3, 0.4) is 0 Å². The van der Waals surface area contributed by atoms with Crippen molar-refractivity contribution in [2.45, 2.75) is 45.9 Å². The number of carbonyl (C=O) groups excluding carboxylic acids is 1. The van der Waals surface area contributed by atoms with Gasteiger partial charge >= 0.3 is 11.9 Å². The first-order chi connectivity index (χ1) is 6.68. The van der Waals surface area contributed by atoms with Gasteiger partial charge in [0.2, 0.25) is 0 Å². The number of rotatable bonds is 3. The van der Waals surface area contributed by atoms with E-state index >= 15 is 0 Å². The predicted molar refractivity (Wildman–Crippen MR) is 54.9 cm³/mol. The maximum absolute atomic E-state index is 10.7. The van der Waals surface area contributed by atoms with Crippen molar-refractivity contribution >= 4 is 11.9 Å². The zero-order valence-electron chi connectivity index (χ0n) is 10.1. The van der Waals surface area contributed by atoms with Gasteiger partial charge in [-0.05, 0) is 27.7 Å². The summed E-state index contributed by atoms with van der Waals surface area (Å²) in [5, 5.41) is 7.87. The highest BCUT2D eigenvalue weighted by Crippen LogP contribution is 1.89. The average molecular weight is 257 g/mol. The van der Waals surface area contributed by atoms with Gasteiger partial charge in [-0.25, -0.2) is 4.79 Å². The van der Waals surface area contributed by atoms with Crippen molar-refractivity contribution in [2.75, 3.05) is 0 Å². The molecule has 0 aliphatic rings. The summed E-state index contributed by atoms with van der Waals surface area (Å²) < 4.78 is 4.81. The lowest BCUT2D eigenvalue weighted by Gasteiger charge is -2.07. The number of carboxylic acid groups (broad SMARTS) is 1. The second-order valence-electron chi connectivity index (χ2n) is 3.51. The first-order valence-electron chi connectivity index (χ1n) is 4.70. The molecule has 0 aromatic carbocycles. The predicted octanol–water partition coefficient (Wildman–Crippen LogP) is -4.01. The fourth-order valence-corrected chi connectivity index (χ4v) is 0.348. The van der Waals surface area contributed by atoms with Crippen molar-refractivity contribution in [2.24, 2.45) is 5.73 Å². The first kappa shape index (κ1) is 20.5. The minimum Gasteiger partial charge on any atom is -1.00 e. The van der Waals surface area contributed by atoms with Crippen molar-refractivity contribution in [3.8, 4) is 0 Å². The number of nitrogens with two attached hydrogens (primary N) is 1. The number of hydrogen-bond donors (Lipinski definition) is 3. The Balaban J connectivity index is -0.000000214. The summed E-state index contributed by atoms with van der Waals surface area (Å²) in [5.74, 6) is -1.19. The molecule has 6 N–H and O–H groups in total. The van der Waals surface area contributed by atoms with Crippen LogP contribution in [0.4, 0.5) is 0 Å². The molecule has 0 rings (SSSR count). The molecule has 16 heavy (non-hydrogen) atoms. The average Bonchev–Trinajstić information content (AvgIpc) is 2.03. The normalized spacial score (nSPS) is 12.7. The van der Waals surface area contributed by atoms with E-state index in [9.17, 15) is 9.59 Å². The van der Waals surface area contributed by atoms with Crippen LogP contribution in [0.1, 0.15) is 27.7 Å². The van der Waals surface area contributed by atoms with E-state index in [0.717, 1.165) is 0 Å². The molecule has 0 fully saturated rings. The molecule has 0 saturated carbocycles. The van der Waals surface area contributed by atoms with Gasteiger partial charge in [-0.1, -0.05) is 0 Å². The molecule has 0 saturated heterocycles. The molecule has 0 spiro atoms. The number of quaternary nitrogens is 1. The molecule has 0 aromatic heterocycles. The number of aliphatic carboxylic acids is 1. The van der Waals surface area contributed by atoms with Crippen molar-refractivity contribution in [1.82, 2.24) is 0 Å². The fourth-order valence-electron chi connectivity index (χ4n) is 0.348. The highest BCUT2D eigenvalue weighted by Gasteiger charge is 2.12.